The Hall–Kier alpha value is -0.491. The molecule has 0 aliphatic rings. The van der Waals surface area contributed by atoms with Gasteiger partial charge < -0.3 is 12.5 Å². The van der Waals surface area contributed by atoms with Gasteiger partial charge in [0.15, 0.2) is 5.97 Å². The van der Waals surface area contributed by atoms with Gasteiger partial charge in [-0.15, -0.1) is 0 Å². The summed E-state index contributed by atoms with van der Waals surface area (Å²) < 4.78 is 0. The summed E-state index contributed by atoms with van der Waals surface area (Å²) in [6.45, 7) is 2.56. The molecule has 44 valence electrons. The van der Waals surface area contributed by atoms with Crippen LogP contribution in [0.25, 0.3) is 0 Å². The number of rotatable bonds is 0. The normalized spacial score (nSPS) is 3.00. The van der Waals surface area contributed by atoms with Crippen LogP contribution < -0.4 is 0 Å². The van der Waals surface area contributed by atoms with Crippen molar-refractivity contribution in [2.75, 3.05) is 0 Å². The molecule has 0 aromatic rings. The van der Waals surface area contributed by atoms with Crippen molar-refractivity contribution in [3.05, 3.63) is 14.4 Å². The molecule has 1 N–H and O–H groups in total. The van der Waals surface area contributed by atoms with E-state index in [9.17, 15) is 0 Å². The summed E-state index contributed by atoms with van der Waals surface area (Å²) in [6, 6.07) is 0. The topological polar surface area (TPSA) is 37.3 Å². The third kappa shape index (κ3) is 464. The Morgan fingerprint density at radius 3 is 1.38 bits per heavy atom. The quantitative estimate of drug-likeness (QED) is 0.550. The van der Waals surface area contributed by atoms with Crippen LogP contribution in [0.15, 0.2) is 0 Å². The largest absolute Gasteiger partial charge is 0.503 e. The zero-order valence-corrected chi connectivity index (χ0v) is 13.9. The first-order chi connectivity index (χ1) is 1.73. The Morgan fingerprint density at radius 2 is 1.38 bits per heavy atom. The van der Waals surface area contributed by atoms with E-state index in [1.807, 2.05) is 0 Å². The molecule has 0 aromatic carbocycles. The molecule has 2 nitrogen and oxygen atoms in total. The van der Waals surface area contributed by atoms with Gasteiger partial charge in [-0.3, -0.25) is 11.7 Å². The van der Waals surface area contributed by atoms with Crippen LogP contribution in [0.5, 0.6) is 0 Å². The minimum absolute atomic E-state index is 0. The van der Waals surface area contributed by atoms with Gasteiger partial charge >= 0.3 is 0 Å². The zero-order chi connectivity index (χ0) is 3.58. The van der Waals surface area contributed by atoms with E-state index in [-0.39, 0.29) is 44.5 Å². The molecular weight excluding hydrogens is 437 g/mol. The van der Waals surface area contributed by atoms with E-state index in [2.05, 4.69) is 6.92 Å². The SMILES string of the molecule is [CH2-]C(=O)O.[CH3-].[Rf].[V].[V]. The van der Waals surface area contributed by atoms with Crippen molar-refractivity contribution in [3.8, 4) is 0 Å². The number of hydrogen-bond donors (Lipinski definition) is 1. The number of carboxylic acids is 1. The van der Waals surface area contributed by atoms with Crippen LogP contribution in [0, 0.1) is 14.4 Å². The smallest absolute Gasteiger partial charge is 0.161 e. The second-order valence-corrected chi connectivity index (χ2v) is 0.394. The van der Waals surface area contributed by atoms with E-state index in [4.69, 9.17) is 9.90 Å². The molecule has 0 aliphatic carbocycles. The van der Waals surface area contributed by atoms with Crippen molar-refractivity contribution in [1.29, 1.82) is 0 Å². The second kappa shape index (κ2) is 31.4. The fraction of sp³-hybridized carbons (Fsp3) is 0. The van der Waals surface area contributed by atoms with Gasteiger partial charge in [-0.25, -0.2) is 0 Å². The number of carboxylic acid groups (broad SMARTS) is 1. The Kier molecular flexibility index (Phi) is 198. The molecule has 0 fully saturated rings. The van der Waals surface area contributed by atoms with E-state index >= 15 is 0 Å². The number of aliphatic carboxylic acids is 1. The predicted molar refractivity (Wildman–Crippen MR) is 19.4 cm³/mol. The molecule has 0 aliphatic heterocycles. The molecule has 0 heterocycles. The van der Waals surface area contributed by atoms with Crippen molar-refractivity contribution in [2.45, 2.75) is 0 Å². The third-order valence-electron chi connectivity index (χ3n) is 0. The standard InChI is InChI=1S/C2H3O2.CH3.Rf.2V/c1-2(3)4;;;;/h1H2,(H,3,4);1H3;;;/q2*-1;;;. The molecule has 0 saturated heterocycles. The van der Waals surface area contributed by atoms with Gasteiger partial charge in [0.1, 0.15) is 0 Å². The summed E-state index contributed by atoms with van der Waals surface area (Å²) in [5, 5.41) is 7.31. The summed E-state index contributed by atoms with van der Waals surface area (Å²) in [7, 11) is 0. The van der Waals surface area contributed by atoms with E-state index in [0.717, 1.165) is 0 Å². The maximum absolute atomic E-state index is 8.89. The summed E-state index contributed by atoms with van der Waals surface area (Å²) in [5.74, 6) is -1.08. The summed E-state index contributed by atoms with van der Waals surface area (Å²) in [4.78, 5) is 8.89. The molecule has 0 unspecified atom stereocenters. The summed E-state index contributed by atoms with van der Waals surface area (Å²) >= 11 is 0. The van der Waals surface area contributed by atoms with Gasteiger partial charge in [0.2, 0.25) is 0 Å². The molecule has 0 atom stereocenters. The minimum Gasteiger partial charge on any atom is -0.503 e. The average Bonchev–Trinajstić information content (AvgIpc) is 0.811. The summed E-state index contributed by atoms with van der Waals surface area (Å²) in [6.07, 6.45) is 0. The summed E-state index contributed by atoms with van der Waals surface area (Å²) in [5.41, 5.74) is 0. The number of carbonyl (C=O) groups is 1. The molecule has 0 aromatic heterocycles. The van der Waals surface area contributed by atoms with E-state index in [0.29, 0.717) is 0 Å². The maximum atomic E-state index is 8.89. The molecule has 2 radical (unpaired) electrons. The first-order valence-electron chi connectivity index (χ1n) is 0.781. The molecule has 5 heteroatoms. The van der Waals surface area contributed by atoms with Gasteiger partial charge in [0.25, 0.3) is 0 Å². The van der Waals surface area contributed by atoms with Crippen LogP contribution in [0.2, 0.25) is 0 Å². The molecule has 0 amide bonds. The Labute approximate surface area is 67.4 Å². The van der Waals surface area contributed by atoms with Crippen LogP contribution in [0.1, 0.15) is 0 Å². The molecular formula is C3H6O2RfV2-2. The predicted octanol–water partition coefficient (Wildman–Crippen LogP) is 0.350. The van der Waals surface area contributed by atoms with Crippen molar-refractivity contribution >= 4 is 5.97 Å². The first kappa shape index (κ1) is 50.5. The van der Waals surface area contributed by atoms with Gasteiger partial charge in [-0.2, -0.15) is 0 Å². The van der Waals surface area contributed by atoms with E-state index in [1.54, 1.807) is 0 Å². The van der Waals surface area contributed by atoms with Crippen molar-refractivity contribution in [3.63, 3.8) is 0 Å². The van der Waals surface area contributed by atoms with Crippen LogP contribution >= 0.6 is 0 Å². The van der Waals surface area contributed by atoms with Gasteiger partial charge in [-0.05, 0) is 0 Å². The average molecular weight is 443 g/mol. The van der Waals surface area contributed by atoms with Crippen LogP contribution in [0.3, 0.4) is 0 Å². The van der Waals surface area contributed by atoms with Crippen LogP contribution in [-0.4, -0.2) is 11.1 Å². The second-order valence-electron chi connectivity index (χ2n) is 0.394. The van der Waals surface area contributed by atoms with Crippen molar-refractivity contribution < 1.29 is 47.0 Å². The molecule has 8 heavy (non-hydrogen) atoms. The number of hydrogen-bond acceptors (Lipinski definition) is 1. The Morgan fingerprint density at radius 1 is 1.38 bits per heavy atom. The monoisotopic (exact) mass is 443 g/mol. The fourth-order valence-corrected chi connectivity index (χ4v) is 0. The van der Waals surface area contributed by atoms with Crippen LogP contribution in [-0.2, 0) is 41.9 Å². The maximum Gasteiger partial charge on any atom is 0.161 e. The molecule has 0 rings (SSSR count). The first-order valence-corrected chi connectivity index (χ1v) is 0.781. The molecule has 0 spiro atoms. The molecule has 0 bridgehead atoms. The van der Waals surface area contributed by atoms with Gasteiger partial charge in [0, 0.05) is 37.1 Å². The van der Waals surface area contributed by atoms with E-state index < -0.39 is 5.97 Å². The minimum atomic E-state index is -1.08. The van der Waals surface area contributed by atoms with Crippen molar-refractivity contribution in [2.24, 2.45) is 0 Å². The fourth-order valence-electron chi connectivity index (χ4n) is 0. The molecule has 0 saturated carbocycles. The van der Waals surface area contributed by atoms with Gasteiger partial charge in [-0.1, -0.05) is 0 Å². The Bertz CT molecular complexity index is 38.3. The van der Waals surface area contributed by atoms with Crippen molar-refractivity contribution in [1.82, 2.24) is 0 Å². The zero-order valence-electron chi connectivity index (χ0n) is 4.66. The van der Waals surface area contributed by atoms with Crippen LogP contribution in [0.4, 0.5) is 0 Å². The van der Waals surface area contributed by atoms with Gasteiger partial charge in [0.05, 0.1) is 0 Å². The Balaban J connectivity index is -0.00000000750. The third-order valence-corrected chi connectivity index (χ3v) is 0. The van der Waals surface area contributed by atoms with E-state index in [1.165, 1.54) is 0 Å².